The highest BCUT2D eigenvalue weighted by atomic mass is 32.2. The van der Waals surface area contributed by atoms with E-state index in [0.717, 1.165) is 19.3 Å². The van der Waals surface area contributed by atoms with Gasteiger partial charge in [-0.25, -0.2) is 13.1 Å². The molecule has 94 valence electrons. The fourth-order valence-corrected chi connectivity index (χ4v) is 3.68. The Labute approximate surface area is 96.6 Å². The molecule has 0 aromatic carbocycles. The average molecular weight is 249 g/mol. The van der Waals surface area contributed by atoms with Gasteiger partial charge in [-0.15, -0.1) is 0 Å². The molecule has 0 heterocycles. The second-order valence-electron chi connectivity index (χ2n) is 4.17. The van der Waals surface area contributed by atoms with Crippen molar-refractivity contribution in [3.8, 4) is 0 Å². The average Bonchev–Trinajstić information content (AvgIpc) is 2.28. The molecule has 1 saturated carbocycles. The Morgan fingerprint density at radius 3 is 2.38 bits per heavy atom. The van der Waals surface area contributed by atoms with Crippen molar-refractivity contribution in [1.82, 2.24) is 4.72 Å². The summed E-state index contributed by atoms with van der Waals surface area (Å²) in [6.07, 6.45) is 4.35. The van der Waals surface area contributed by atoms with E-state index in [1.54, 1.807) is 0 Å². The molecule has 5 nitrogen and oxygen atoms in total. The van der Waals surface area contributed by atoms with Crippen molar-refractivity contribution in [3.05, 3.63) is 0 Å². The number of ether oxygens (including phenoxy) is 1. The zero-order valence-electron chi connectivity index (χ0n) is 9.73. The third-order valence-electron chi connectivity index (χ3n) is 2.89. The van der Waals surface area contributed by atoms with Gasteiger partial charge < -0.3 is 4.74 Å². The highest BCUT2D eigenvalue weighted by Gasteiger charge is 2.30. The van der Waals surface area contributed by atoms with Gasteiger partial charge in [-0.3, -0.25) is 4.79 Å². The molecule has 0 aliphatic heterocycles. The van der Waals surface area contributed by atoms with Crippen LogP contribution in [-0.2, 0) is 19.6 Å². The first-order chi connectivity index (χ1) is 7.47. The molecule has 6 heteroatoms. The van der Waals surface area contributed by atoms with Gasteiger partial charge in [-0.05, 0) is 19.8 Å². The normalized spacial score (nSPS) is 20.4. The van der Waals surface area contributed by atoms with E-state index in [-0.39, 0.29) is 5.25 Å². The maximum atomic E-state index is 11.9. The molecule has 0 aromatic rings. The van der Waals surface area contributed by atoms with E-state index in [9.17, 15) is 13.2 Å². The molecule has 1 atom stereocenters. The first-order valence-electron chi connectivity index (χ1n) is 5.56. The molecule has 1 aliphatic rings. The van der Waals surface area contributed by atoms with Gasteiger partial charge in [-0.2, -0.15) is 0 Å². The van der Waals surface area contributed by atoms with Gasteiger partial charge in [0.25, 0.3) is 0 Å². The van der Waals surface area contributed by atoms with E-state index in [1.807, 2.05) is 0 Å². The molecule has 1 rings (SSSR count). The third kappa shape index (κ3) is 3.45. The summed E-state index contributed by atoms with van der Waals surface area (Å²) in [7, 11) is -2.14. The van der Waals surface area contributed by atoms with Crippen molar-refractivity contribution >= 4 is 16.0 Å². The van der Waals surface area contributed by atoms with E-state index in [1.165, 1.54) is 14.0 Å². The number of carbonyl (C=O) groups is 1. The number of hydrogen-bond donors (Lipinski definition) is 1. The SMILES string of the molecule is COC(=O)C(C)NS(=O)(=O)C1CCCCC1. The zero-order valence-corrected chi connectivity index (χ0v) is 10.5. The Kier molecular flexibility index (Phi) is 4.73. The minimum absolute atomic E-state index is 0.353. The van der Waals surface area contributed by atoms with Crippen LogP contribution in [-0.4, -0.2) is 32.8 Å². The van der Waals surface area contributed by atoms with Crippen LogP contribution in [0.5, 0.6) is 0 Å². The molecule has 0 saturated heterocycles. The fraction of sp³-hybridized carbons (Fsp3) is 0.900. The van der Waals surface area contributed by atoms with Crippen LogP contribution >= 0.6 is 0 Å². The summed E-state index contributed by atoms with van der Waals surface area (Å²) in [5.41, 5.74) is 0. The summed E-state index contributed by atoms with van der Waals surface area (Å²) in [6, 6.07) is -0.808. The lowest BCUT2D eigenvalue weighted by Crippen LogP contribution is -2.44. The largest absolute Gasteiger partial charge is 0.468 e. The Hall–Kier alpha value is -0.620. The highest BCUT2D eigenvalue weighted by Crippen LogP contribution is 2.23. The van der Waals surface area contributed by atoms with Crippen molar-refractivity contribution < 1.29 is 17.9 Å². The second kappa shape index (κ2) is 5.63. The van der Waals surface area contributed by atoms with Crippen LogP contribution in [0.3, 0.4) is 0 Å². The third-order valence-corrected chi connectivity index (χ3v) is 4.92. The van der Waals surface area contributed by atoms with Crippen molar-refractivity contribution in [1.29, 1.82) is 0 Å². The van der Waals surface area contributed by atoms with Crippen LogP contribution in [0.15, 0.2) is 0 Å². The Bertz CT molecular complexity index is 333. The van der Waals surface area contributed by atoms with Crippen molar-refractivity contribution in [3.63, 3.8) is 0 Å². The molecular formula is C10H19NO4S. The van der Waals surface area contributed by atoms with Gasteiger partial charge in [-0.1, -0.05) is 19.3 Å². The molecule has 0 bridgehead atoms. The van der Waals surface area contributed by atoms with Crippen molar-refractivity contribution in [2.75, 3.05) is 7.11 Å². The summed E-state index contributed by atoms with van der Waals surface area (Å²) in [6.45, 7) is 1.49. The standard InChI is InChI=1S/C10H19NO4S/c1-8(10(12)15-2)11-16(13,14)9-6-4-3-5-7-9/h8-9,11H,3-7H2,1-2H3. The molecule has 1 N–H and O–H groups in total. The molecule has 1 fully saturated rings. The Morgan fingerprint density at radius 1 is 1.31 bits per heavy atom. The van der Waals surface area contributed by atoms with E-state index >= 15 is 0 Å². The predicted molar refractivity (Wildman–Crippen MR) is 60.4 cm³/mol. The molecular weight excluding hydrogens is 230 g/mol. The lowest BCUT2D eigenvalue weighted by molar-refractivity contribution is -0.142. The quantitative estimate of drug-likeness (QED) is 0.748. The van der Waals surface area contributed by atoms with Crippen LogP contribution in [0.2, 0.25) is 0 Å². The van der Waals surface area contributed by atoms with Gasteiger partial charge in [0.05, 0.1) is 12.4 Å². The number of nitrogens with one attached hydrogen (secondary N) is 1. The summed E-state index contributed by atoms with van der Waals surface area (Å²) < 4.78 is 30.6. The molecule has 1 aliphatic carbocycles. The number of methoxy groups -OCH3 is 1. The summed E-state index contributed by atoms with van der Waals surface area (Å²) in [5.74, 6) is -0.556. The second-order valence-corrected chi connectivity index (χ2v) is 6.16. The predicted octanol–water partition coefficient (Wildman–Crippen LogP) is 0.800. The van der Waals surface area contributed by atoms with Crippen molar-refractivity contribution in [2.45, 2.75) is 50.3 Å². The van der Waals surface area contributed by atoms with Gasteiger partial charge in [0.1, 0.15) is 6.04 Å². The van der Waals surface area contributed by atoms with E-state index < -0.39 is 22.0 Å². The van der Waals surface area contributed by atoms with Gasteiger partial charge in [0.2, 0.25) is 10.0 Å². The van der Waals surface area contributed by atoms with Crippen LogP contribution in [0.25, 0.3) is 0 Å². The Balaban J connectivity index is 2.60. The highest BCUT2D eigenvalue weighted by molar-refractivity contribution is 7.90. The Morgan fingerprint density at radius 2 is 1.88 bits per heavy atom. The zero-order chi connectivity index (χ0) is 12.2. The van der Waals surface area contributed by atoms with Crippen LogP contribution < -0.4 is 4.72 Å². The lowest BCUT2D eigenvalue weighted by atomic mass is 10.0. The summed E-state index contributed by atoms with van der Waals surface area (Å²) in [5, 5.41) is -0.353. The molecule has 0 aromatic heterocycles. The number of rotatable bonds is 4. The number of sulfonamides is 1. The first kappa shape index (κ1) is 13.4. The maximum Gasteiger partial charge on any atom is 0.323 e. The monoisotopic (exact) mass is 249 g/mol. The topological polar surface area (TPSA) is 72.5 Å². The number of hydrogen-bond acceptors (Lipinski definition) is 4. The lowest BCUT2D eigenvalue weighted by Gasteiger charge is -2.23. The van der Waals surface area contributed by atoms with E-state index in [4.69, 9.17) is 0 Å². The molecule has 0 spiro atoms. The van der Waals surface area contributed by atoms with E-state index in [0.29, 0.717) is 12.8 Å². The van der Waals surface area contributed by atoms with Crippen LogP contribution in [0, 0.1) is 0 Å². The van der Waals surface area contributed by atoms with Crippen LogP contribution in [0.1, 0.15) is 39.0 Å². The molecule has 1 unspecified atom stereocenters. The minimum Gasteiger partial charge on any atom is -0.468 e. The fourth-order valence-electron chi connectivity index (χ4n) is 1.94. The maximum absolute atomic E-state index is 11.9. The van der Waals surface area contributed by atoms with Gasteiger partial charge >= 0.3 is 5.97 Å². The number of carbonyl (C=O) groups excluding carboxylic acids is 1. The van der Waals surface area contributed by atoms with Gasteiger partial charge in [0, 0.05) is 0 Å². The van der Waals surface area contributed by atoms with Crippen molar-refractivity contribution in [2.24, 2.45) is 0 Å². The minimum atomic E-state index is -3.39. The van der Waals surface area contributed by atoms with Crippen LogP contribution in [0.4, 0.5) is 0 Å². The van der Waals surface area contributed by atoms with Gasteiger partial charge in [0.15, 0.2) is 0 Å². The summed E-state index contributed by atoms with van der Waals surface area (Å²) >= 11 is 0. The smallest absolute Gasteiger partial charge is 0.323 e. The molecule has 0 radical (unpaired) electrons. The first-order valence-corrected chi connectivity index (χ1v) is 7.11. The molecule has 0 amide bonds. The number of esters is 1. The van der Waals surface area contributed by atoms with E-state index in [2.05, 4.69) is 9.46 Å². The molecule has 16 heavy (non-hydrogen) atoms. The summed E-state index contributed by atoms with van der Waals surface area (Å²) in [4.78, 5) is 11.1.